The fourth-order valence-electron chi connectivity index (χ4n) is 3.16. The number of rotatable bonds is 3. The highest BCUT2D eigenvalue weighted by molar-refractivity contribution is 5.79. The van der Waals surface area contributed by atoms with Crippen LogP contribution < -0.4 is 4.90 Å². The monoisotopic (exact) mass is 344 g/mol. The number of ether oxygens (including phenoxy) is 1. The summed E-state index contributed by atoms with van der Waals surface area (Å²) in [6, 6.07) is 0.768. The van der Waals surface area contributed by atoms with Crippen LogP contribution in [-0.4, -0.2) is 59.2 Å². The standard InChI is InChI=1S/C15H19F3N4O2/c1-9(2)4-22-10-5-21(6-11(10)24-7-14(22)23)13-3-12(15(16,17)18)19-8-20-13/h3,8-11H,4-7H2,1-2H3. The highest BCUT2D eigenvalue weighted by atomic mass is 19.4. The minimum atomic E-state index is -4.51. The highest BCUT2D eigenvalue weighted by Gasteiger charge is 2.44. The molecule has 1 aromatic heterocycles. The second-order valence-corrected chi connectivity index (χ2v) is 6.52. The lowest BCUT2D eigenvalue weighted by Crippen LogP contribution is -2.55. The van der Waals surface area contributed by atoms with Crippen LogP contribution in [0.4, 0.5) is 19.0 Å². The number of hydrogen-bond donors (Lipinski definition) is 0. The van der Waals surface area contributed by atoms with Crippen LogP contribution >= 0.6 is 0 Å². The Kier molecular flexibility index (Phi) is 4.37. The summed E-state index contributed by atoms with van der Waals surface area (Å²) in [5, 5.41) is 0. The molecule has 2 saturated heterocycles. The summed E-state index contributed by atoms with van der Waals surface area (Å²) < 4.78 is 44.0. The van der Waals surface area contributed by atoms with Crippen molar-refractivity contribution >= 4 is 11.7 Å². The van der Waals surface area contributed by atoms with Crippen LogP contribution in [-0.2, 0) is 15.7 Å². The Labute approximate surface area is 137 Å². The summed E-state index contributed by atoms with van der Waals surface area (Å²) in [7, 11) is 0. The molecule has 6 nitrogen and oxygen atoms in total. The van der Waals surface area contributed by atoms with Crippen LogP contribution in [0.15, 0.2) is 12.4 Å². The number of morpholine rings is 1. The number of carbonyl (C=O) groups excluding carboxylic acids is 1. The number of hydrogen-bond acceptors (Lipinski definition) is 5. The quantitative estimate of drug-likeness (QED) is 0.833. The van der Waals surface area contributed by atoms with E-state index in [1.54, 1.807) is 9.80 Å². The van der Waals surface area contributed by atoms with Gasteiger partial charge in [-0.05, 0) is 5.92 Å². The Bertz CT molecular complexity index is 623. The Morgan fingerprint density at radius 2 is 2.08 bits per heavy atom. The predicted molar refractivity (Wildman–Crippen MR) is 79.3 cm³/mol. The van der Waals surface area contributed by atoms with Crippen molar-refractivity contribution < 1.29 is 22.7 Å². The lowest BCUT2D eigenvalue weighted by Gasteiger charge is -2.37. The molecule has 9 heteroatoms. The minimum absolute atomic E-state index is 0.0132. The molecule has 1 aromatic rings. The second kappa shape index (κ2) is 6.19. The summed E-state index contributed by atoms with van der Waals surface area (Å²) in [5.41, 5.74) is -0.974. The number of fused-ring (bicyclic) bond motifs is 1. The molecular formula is C15H19F3N4O2. The van der Waals surface area contributed by atoms with Gasteiger partial charge in [0.25, 0.3) is 0 Å². The van der Waals surface area contributed by atoms with E-state index in [2.05, 4.69) is 9.97 Å². The first-order valence-corrected chi connectivity index (χ1v) is 7.81. The van der Waals surface area contributed by atoms with Crippen molar-refractivity contribution in [2.45, 2.75) is 32.2 Å². The van der Waals surface area contributed by atoms with E-state index in [4.69, 9.17) is 4.74 Å². The Morgan fingerprint density at radius 1 is 1.33 bits per heavy atom. The van der Waals surface area contributed by atoms with Gasteiger partial charge < -0.3 is 14.5 Å². The second-order valence-electron chi connectivity index (χ2n) is 6.52. The predicted octanol–water partition coefficient (Wildman–Crippen LogP) is 1.57. The highest BCUT2D eigenvalue weighted by Crippen LogP contribution is 2.31. The molecule has 0 radical (unpaired) electrons. The maximum absolute atomic E-state index is 12.8. The largest absolute Gasteiger partial charge is 0.433 e. The molecule has 2 atom stereocenters. The average molecular weight is 344 g/mol. The van der Waals surface area contributed by atoms with Gasteiger partial charge in [-0.1, -0.05) is 13.8 Å². The normalized spacial score (nSPS) is 24.7. The molecule has 132 valence electrons. The molecule has 0 aliphatic carbocycles. The number of anilines is 1. The van der Waals surface area contributed by atoms with E-state index >= 15 is 0 Å². The first-order valence-electron chi connectivity index (χ1n) is 7.81. The van der Waals surface area contributed by atoms with E-state index in [1.807, 2.05) is 13.8 Å². The first-order chi connectivity index (χ1) is 11.3. The summed E-state index contributed by atoms with van der Waals surface area (Å²) >= 11 is 0. The zero-order chi connectivity index (χ0) is 17.5. The number of aromatic nitrogens is 2. The van der Waals surface area contributed by atoms with Crippen molar-refractivity contribution in [1.29, 1.82) is 0 Å². The third-order valence-corrected chi connectivity index (χ3v) is 4.21. The van der Waals surface area contributed by atoms with E-state index in [0.29, 0.717) is 25.6 Å². The Balaban J connectivity index is 1.80. The summed E-state index contributed by atoms with van der Waals surface area (Å²) in [5.74, 6) is 0.426. The first kappa shape index (κ1) is 16.9. The molecule has 3 heterocycles. The number of nitrogens with zero attached hydrogens (tertiary/aromatic N) is 4. The topological polar surface area (TPSA) is 58.6 Å². The Morgan fingerprint density at radius 3 is 2.75 bits per heavy atom. The molecule has 0 saturated carbocycles. The van der Waals surface area contributed by atoms with E-state index in [9.17, 15) is 18.0 Å². The van der Waals surface area contributed by atoms with Crippen molar-refractivity contribution in [3.8, 4) is 0 Å². The fraction of sp³-hybridized carbons (Fsp3) is 0.667. The van der Waals surface area contributed by atoms with Gasteiger partial charge in [0.2, 0.25) is 5.91 Å². The molecule has 2 aliphatic heterocycles. The van der Waals surface area contributed by atoms with Gasteiger partial charge in [0, 0.05) is 25.7 Å². The maximum atomic E-state index is 12.8. The van der Waals surface area contributed by atoms with E-state index in [0.717, 1.165) is 12.4 Å². The van der Waals surface area contributed by atoms with E-state index < -0.39 is 11.9 Å². The summed E-state index contributed by atoms with van der Waals surface area (Å²) in [6.07, 6.45) is -3.82. The molecule has 0 aromatic carbocycles. The molecule has 0 N–H and O–H groups in total. The van der Waals surface area contributed by atoms with Gasteiger partial charge in [-0.15, -0.1) is 0 Å². The third-order valence-electron chi connectivity index (χ3n) is 4.21. The van der Waals surface area contributed by atoms with Gasteiger partial charge in [0.05, 0.1) is 12.1 Å². The zero-order valence-electron chi connectivity index (χ0n) is 13.5. The van der Waals surface area contributed by atoms with Crippen LogP contribution in [0.1, 0.15) is 19.5 Å². The van der Waals surface area contributed by atoms with Gasteiger partial charge in [0.1, 0.15) is 24.4 Å². The lowest BCUT2D eigenvalue weighted by atomic mass is 10.1. The molecule has 24 heavy (non-hydrogen) atoms. The van der Waals surface area contributed by atoms with Crippen LogP contribution in [0.2, 0.25) is 0 Å². The van der Waals surface area contributed by atoms with Gasteiger partial charge in [-0.2, -0.15) is 13.2 Å². The fourth-order valence-corrected chi connectivity index (χ4v) is 3.16. The van der Waals surface area contributed by atoms with Crippen molar-refractivity contribution in [2.24, 2.45) is 5.92 Å². The molecule has 3 rings (SSSR count). The van der Waals surface area contributed by atoms with Crippen LogP contribution in [0.3, 0.4) is 0 Å². The molecule has 1 amide bonds. The molecule has 0 bridgehead atoms. The zero-order valence-corrected chi connectivity index (χ0v) is 13.5. The molecular weight excluding hydrogens is 325 g/mol. The van der Waals surface area contributed by atoms with Crippen molar-refractivity contribution in [2.75, 3.05) is 31.1 Å². The van der Waals surface area contributed by atoms with Crippen LogP contribution in [0.5, 0.6) is 0 Å². The SMILES string of the molecule is CC(C)CN1C(=O)COC2CN(c3cc(C(F)(F)F)ncn3)CC21. The van der Waals surface area contributed by atoms with E-state index in [-0.39, 0.29) is 30.5 Å². The Hall–Kier alpha value is -1.90. The number of carbonyl (C=O) groups is 1. The average Bonchev–Trinajstić information content (AvgIpc) is 2.94. The maximum Gasteiger partial charge on any atom is 0.433 e. The number of alkyl halides is 3. The minimum Gasteiger partial charge on any atom is -0.364 e. The van der Waals surface area contributed by atoms with Crippen LogP contribution in [0.25, 0.3) is 0 Å². The van der Waals surface area contributed by atoms with Gasteiger partial charge in [-0.3, -0.25) is 4.79 Å². The molecule has 0 spiro atoms. The molecule has 2 fully saturated rings. The number of halogens is 3. The van der Waals surface area contributed by atoms with Crippen LogP contribution in [0, 0.1) is 5.92 Å². The number of amides is 1. The van der Waals surface area contributed by atoms with Gasteiger partial charge in [-0.25, -0.2) is 9.97 Å². The lowest BCUT2D eigenvalue weighted by molar-refractivity contribution is -0.153. The van der Waals surface area contributed by atoms with Crippen molar-refractivity contribution in [1.82, 2.24) is 14.9 Å². The molecule has 2 unspecified atom stereocenters. The summed E-state index contributed by atoms with van der Waals surface area (Å²) in [4.78, 5) is 22.8. The van der Waals surface area contributed by atoms with Crippen molar-refractivity contribution in [3.05, 3.63) is 18.1 Å². The van der Waals surface area contributed by atoms with Gasteiger partial charge >= 0.3 is 6.18 Å². The molecule has 2 aliphatic rings. The van der Waals surface area contributed by atoms with Gasteiger partial charge in [0.15, 0.2) is 0 Å². The van der Waals surface area contributed by atoms with E-state index in [1.165, 1.54) is 0 Å². The third kappa shape index (κ3) is 3.31. The van der Waals surface area contributed by atoms with Crippen molar-refractivity contribution in [3.63, 3.8) is 0 Å². The summed E-state index contributed by atoms with van der Waals surface area (Å²) in [6.45, 7) is 5.46. The smallest absolute Gasteiger partial charge is 0.364 e.